The topological polar surface area (TPSA) is 86.8 Å². The first-order chi connectivity index (χ1) is 18.4. The number of hydrogen-bond acceptors (Lipinski definition) is 4. The van der Waals surface area contributed by atoms with Gasteiger partial charge in [0.05, 0.1) is 10.6 Å². The Morgan fingerprint density at radius 1 is 0.949 bits per heavy atom. The van der Waals surface area contributed by atoms with E-state index in [0.29, 0.717) is 16.3 Å². The number of nitrogens with zero attached hydrogens (tertiary/aromatic N) is 2. The Morgan fingerprint density at radius 2 is 1.64 bits per heavy atom. The fourth-order valence-electron chi connectivity index (χ4n) is 4.20. The van der Waals surface area contributed by atoms with Crippen LogP contribution in [0.2, 0.25) is 5.02 Å². The lowest BCUT2D eigenvalue weighted by atomic mass is 10.1. The molecule has 7 nitrogen and oxygen atoms in total. The van der Waals surface area contributed by atoms with E-state index in [2.05, 4.69) is 5.32 Å². The van der Waals surface area contributed by atoms with Crippen LogP contribution in [0.15, 0.2) is 77.7 Å². The molecule has 0 saturated carbocycles. The fraction of sp³-hybridized carbons (Fsp3) is 0.333. The quantitative estimate of drug-likeness (QED) is 0.331. The Hall–Kier alpha value is -3.36. The normalized spacial score (nSPS) is 12.9. The molecule has 0 fully saturated rings. The summed E-state index contributed by atoms with van der Waals surface area (Å²) in [4.78, 5) is 28.6. The summed E-state index contributed by atoms with van der Waals surface area (Å²) < 4.78 is 28.9. The second-order valence-corrected chi connectivity index (χ2v) is 12.1. The lowest BCUT2D eigenvalue weighted by Gasteiger charge is -2.33. The molecule has 1 N–H and O–H groups in total. The number of halogens is 1. The third-order valence-corrected chi connectivity index (χ3v) is 8.65. The molecule has 0 radical (unpaired) electrons. The van der Waals surface area contributed by atoms with E-state index in [1.807, 2.05) is 45.9 Å². The average molecular weight is 570 g/mol. The number of aryl methyl sites for hydroxylation is 2. The Labute approximate surface area is 236 Å². The first-order valence-corrected chi connectivity index (χ1v) is 14.7. The molecular weight excluding hydrogens is 534 g/mol. The van der Waals surface area contributed by atoms with E-state index in [1.54, 1.807) is 49.4 Å². The third-order valence-electron chi connectivity index (χ3n) is 6.64. The molecule has 0 saturated heterocycles. The second kappa shape index (κ2) is 13.1. The van der Waals surface area contributed by atoms with Crippen molar-refractivity contribution in [2.45, 2.75) is 64.6 Å². The van der Waals surface area contributed by atoms with Crippen LogP contribution in [0.5, 0.6) is 0 Å². The molecule has 2 unspecified atom stereocenters. The summed E-state index contributed by atoms with van der Waals surface area (Å²) in [6.45, 7) is 8.83. The van der Waals surface area contributed by atoms with Gasteiger partial charge in [0.2, 0.25) is 11.8 Å². The zero-order valence-corrected chi connectivity index (χ0v) is 24.6. The van der Waals surface area contributed by atoms with Gasteiger partial charge in [-0.3, -0.25) is 13.9 Å². The van der Waals surface area contributed by atoms with Gasteiger partial charge in [0, 0.05) is 17.6 Å². The molecule has 2 amide bonds. The van der Waals surface area contributed by atoms with Crippen molar-refractivity contribution in [3.63, 3.8) is 0 Å². The van der Waals surface area contributed by atoms with Crippen LogP contribution in [0.4, 0.5) is 5.69 Å². The maximum Gasteiger partial charge on any atom is 0.264 e. The van der Waals surface area contributed by atoms with Gasteiger partial charge < -0.3 is 10.2 Å². The standard InChI is InChI=1S/C30H36ClN3O4S/c1-6-23(4)32-30(36)24(5)33(19-25-11-10-12-26(31)18-25)29(35)20-34(28-16-15-21(2)17-22(28)3)39(37,38)27-13-8-7-9-14-27/h7-18,23-24H,6,19-20H2,1-5H3,(H,32,36). The molecule has 0 heterocycles. The molecule has 2 atom stereocenters. The van der Waals surface area contributed by atoms with E-state index >= 15 is 0 Å². The zero-order valence-electron chi connectivity index (χ0n) is 23.0. The van der Waals surface area contributed by atoms with E-state index in [0.717, 1.165) is 21.9 Å². The van der Waals surface area contributed by atoms with Gasteiger partial charge in [0.25, 0.3) is 10.0 Å². The van der Waals surface area contributed by atoms with Gasteiger partial charge in [-0.05, 0) is 75.6 Å². The third kappa shape index (κ3) is 7.61. The van der Waals surface area contributed by atoms with Gasteiger partial charge in [-0.1, -0.05) is 66.6 Å². The number of anilines is 1. The van der Waals surface area contributed by atoms with Crippen LogP contribution in [0.25, 0.3) is 0 Å². The number of hydrogen-bond donors (Lipinski definition) is 1. The molecule has 208 valence electrons. The molecule has 0 aliphatic rings. The van der Waals surface area contributed by atoms with Crippen molar-refractivity contribution in [3.05, 3.63) is 94.5 Å². The van der Waals surface area contributed by atoms with Gasteiger partial charge in [-0.2, -0.15) is 0 Å². The van der Waals surface area contributed by atoms with Crippen molar-refractivity contribution in [2.75, 3.05) is 10.8 Å². The van der Waals surface area contributed by atoms with Crippen LogP contribution in [0.1, 0.15) is 43.9 Å². The number of carbonyl (C=O) groups excluding carboxylic acids is 2. The van der Waals surface area contributed by atoms with Crippen LogP contribution < -0.4 is 9.62 Å². The summed E-state index contributed by atoms with van der Waals surface area (Å²) >= 11 is 6.19. The van der Waals surface area contributed by atoms with Crippen molar-refractivity contribution >= 4 is 39.1 Å². The minimum Gasteiger partial charge on any atom is -0.352 e. The number of rotatable bonds is 11. The van der Waals surface area contributed by atoms with Crippen LogP contribution in [0, 0.1) is 13.8 Å². The van der Waals surface area contributed by atoms with Crippen molar-refractivity contribution in [2.24, 2.45) is 0 Å². The van der Waals surface area contributed by atoms with Crippen LogP contribution in [0.3, 0.4) is 0 Å². The van der Waals surface area contributed by atoms with E-state index in [-0.39, 0.29) is 23.4 Å². The molecule has 0 bridgehead atoms. The highest BCUT2D eigenvalue weighted by Gasteiger charge is 2.33. The van der Waals surface area contributed by atoms with Crippen molar-refractivity contribution in [3.8, 4) is 0 Å². The van der Waals surface area contributed by atoms with Gasteiger partial charge >= 0.3 is 0 Å². The van der Waals surface area contributed by atoms with Gasteiger partial charge in [-0.15, -0.1) is 0 Å². The first-order valence-electron chi connectivity index (χ1n) is 12.9. The summed E-state index contributed by atoms with van der Waals surface area (Å²) in [6, 6.07) is 19.5. The fourth-order valence-corrected chi connectivity index (χ4v) is 5.91. The Morgan fingerprint density at radius 3 is 2.26 bits per heavy atom. The summed E-state index contributed by atoms with van der Waals surface area (Å²) in [5, 5.41) is 3.43. The molecule has 0 aromatic heterocycles. The predicted octanol–water partition coefficient (Wildman–Crippen LogP) is 5.48. The van der Waals surface area contributed by atoms with Crippen molar-refractivity contribution in [1.29, 1.82) is 0 Å². The number of sulfonamides is 1. The minimum absolute atomic E-state index is 0.0710. The van der Waals surface area contributed by atoms with Gasteiger partial charge in [-0.25, -0.2) is 8.42 Å². The monoisotopic (exact) mass is 569 g/mol. The Balaban J connectivity index is 2.05. The van der Waals surface area contributed by atoms with Crippen LogP contribution in [-0.4, -0.2) is 43.8 Å². The summed E-state index contributed by atoms with van der Waals surface area (Å²) in [5.41, 5.74) is 2.81. The highest BCUT2D eigenvalue weighted by atomic mass is 35.5. The lowest BCUT2D eigenvalue weighted by molar-refractivity contribution is -0.139. The predicted molar refractivity (Wildman–Crippen MR) is 156 cm³/mol. The lowest BCUT2D eigenvalue weighted by Crippen LogP contribution is -2.52. The molecule has 0 aliphatic carbocycles. The van der Waals surface area contributed by atoms with Crippen molar-refractivity contribution in [1.82, 2.24) is 10.2 Å². The summed E-state index contributed by atoms with van der Waals surface area (Å²) in [5.74, 6) is -0.829. The first kappa shape index (κ1) is 30.2. The Kier molecular flexibility index (Phi) is 10.2. The van der Waals surface area contributed by atoms with E-state index in [4.69, 9.17) is 11.6 Å². The highest BCUT2D eigenvalue weighted by molar-refractivity contribution is 7.92. The molecule has 3 aromatic rings. The average Bonchev–Trinajstić information content (AvgIpc) is 2.90. The maximum absolute atomic E-state index is 14.0. The molecular formula is C30H36ClN3O4S. The number of amides is 2. The van der Waals surface area contributed by atoms with Crippen molar-refractivity contribution < 1.29 is 18.0 Å². The highest BCUT2D eigenvalue weighted by Crippen LogP contribution is 2.28. The smallest absolute Gasteiger partial charge is 0.264 e. The van der Waals surface area contributed by atoms with Gasteiger partial charge in [0.1, 0.15) is 12.6 Å². The number of carbonyl (C=O) groups is 2. The minimum atomic E-state index is -4.10. The van der Waals surface area contributed by atoms with Crippen LogP contribution in [-0.2, 0) is 26.2 Å². The number of benzene rings is 3. The molecule has 0 spiro atoms. The molecule has 3 rings (SSSR count). The van der Waals surface area contributed by atoms with E-state index in [1.165, 1.54) is 17.0 Å². The second-order valence-electron chi connectivity index (χ2n) is 9.76. The number of nitrogens with one attached hydrogen (secondary N) is 1. The zero-order chi connectivity index (χ0) is 28.7. The van der Waals surface area contributed by atoms with E-state index < -0.39 is 28.5 Å². The largest absolute Gasteiger partial charge is 0.352 e. The Bertz CT molecular complexity index is 1410. The van der Waals surface area contributed by atoms with Gasteiger partial charge in [0.15, 0.2) is 0 Å². The molecule has 3 aromatic carbocycles. The van der Waals surface area contributed by atoms with E-state index in [9.17, 15) is 18.0 Å². The molecule has 39 heavy (non-hydrogen) atoms. The van der Waals surface area contributed by atoms with Crippen LogP contribution >= 0.6 is 11.6 Å². The maximum atomic E-state index is 14.0. The molecule has 9 heteroatoms. The SMILES string of the molecule is CCC(C)NC(=O)C(C)N(Cc1cccc(Cl)c1)C(=O)CN(c1ccc(C)cc1C)S(=O)(=O)c1ccccc1. The molecule has 0 aliphatic heterocycles. The summed E-state index contributed by atoms with van der Waals surface area (Å²) in [7, 11) is -4.10. The summed E-state index contributed by atoms with van der Waals surface area (Å²) in [6.07, 6.45) is 0.733.